The first kappa shape index (κ1) is 10.8. The Morgan fingerprint density at radius 3 is 3.29 bits per heavy atom. The van der Waals surface area contributed by atoms with E-state index in [1.54, 1.807) is 6.20 Å². The molecule has 1 aliphatic rings. The van der Waals surface area contributed by atoms with Crippen LogP contribution < -0.4 is 0 Å². The normalized spacial score (nSPS) is 21.0. The monoisotopic (exact) mass is 249 g/mol. The average molecular weight is 249 g/mol. The first-order chi connectivity index (χ1) is 8.25. The van der Waals surface area contributed by atoms with Crippen molar-refractivity contribution in [1.29, 1.82) is 0 Å². The summed E-state index contributed by atoms with van der Waals surface area (Å²) in [6.07, 6.45) is 5.94. The number of rotatable bonds is 1. The van der Waals surface area contributed by atoms with Gasteiger partial charge in [0, 0.05) is 30.9 Å². The van der Waals surface area contributed by atoms with Gasteiger partial charge in [-0.2, -0.15) is 0 Å². The van der Waals surface area contributed by atoms with Crippen LogP contribution >= 0.6 is 11.3 Å². The largest absolute Gasteiger partial charge is 0.337 e. The van der Waals surface area contributed by atoms with Crippen LogP contribution in [-0.4, -0.2) is 33.3 Å². The standard InChI is InChI=1S/C12H15N3OS/c1-9-3-2-5-14(7-9)11(16)10-8-17-12-13-4-6-15(10)12/h4,6,8-9H,2-3,5,7H2,1H3. The van der Waals surface area contributed by atoms with Crippen LogP contribution in [0, 0.1) is 5.92 Å². The molecule has 0 N–H and O–H groups in total. The SMILES string of the molecule is CC1CCCN(C(=O)c2csc3nccn23)C1. The van der Waals surface area contributed by atoms with E-state index in [4.69, 9.17) is 0 Å². The highest BCUT2D eigenvalue weighted by molar-refractivity contribution is 7.15. The van der Waals surface area contributed by atoms with Crippen LogP contribution in [0.3, 0.4) is 0 Å². The van der Waals surface area contributed by atoms with Gasteiger partial charge in [-0.15, -0.1) is 11.3 Å². The molecule has 1 fully saturated rings. The van der Waals surface area contributed by atoms with Gasteiger partial charge in [-0.3, -0.25) is 9.20 Å². The molecule has 17 heavy (non-hydrogen) atoms. The van der Waals surface area contributed by atoms with Crippen LogP contribution in [0.5, 0.6) is 0 Å². The molecule has 4 nitrogen and oxygen atoms in total. The minimum atomic E-state index is 0.140. The number of piperidine rings is 1. The lowest BCUT2D eigenvalue weighted by Gasteiger charge is -2.30. The number of aromatic nitrogens is 2. The second-order valence-corrected chi connectivity index (χ2v) is 5.54. The van der Waals surface area contributed by atoms with Crippen LogP contribution in [0.4, 0.5) is 0 Å². The number of carbonyl (C=O) groups excluding carboxylic acids is 1. The van der Waals surface area contributed by atoms with Crippen molar-refractivity contribution in [1.82, 2.24) is 14.3 Å². The highest BCUT2D eigenvalue weighted by Crippen LogP contribution is 2.20. The van der Waals surface area contributed by atoms with E-state index in [-0.39, 0.29) is 5.91 Å². The van der Waals surface area contributed by atoms with Crippen molar-refractivity contribution in [3.63, 3.8) is 0 Å². The van der Waals surface area contributed by atoms with Crippen molar-refractivity contribution in [3.8, 4) is 0 Å². The quantitative estimate of drug-likeness (QED) is 0.777. The molecule has 2 aromatic heterocycles. The Hall–Kier alpha value is -1.36. The maximum absolute atomic E-state index is 12.4. The van der Waals surface area contributed by atoms with Crippen molar-refractivity contribution in [2.24, 2.45) is 5.92 Å². The molecule has 0 aromatic carbocycles. The van der Waals surface area contributed by atoms with E-state index < -0.39 is 0 Å². The number of likely N-dealkylation sites (tertiary alicyclic amines) is 1. The Kier molecular flexibility index (Phi) is 2.63. The number of imidazole rings is 1. The first-order valence-electron chi connectivity index (χ1n) is 5.95. The summed E-state index contributed by atoms with van der Waals surface area (Å²) < 4.78 is 1.88. The Morgan fingerprint density at radius 2 is 2.47 bits per heavy atom. The second kappa shape index (κ2) is 4.14. The molecule has 90 valence electrons. The third kappa shape index (κ3) is 1.84. The van der Waals surface area contributed by atoms with Crippen molar-refractivity contribution < 1.29 is 4.79 Å². The summed E-state index contributed by atoms with van der Waals surface area (Å²) in [6.45, 7) is 3.97. The predicted octanol–water partition coefficient (Wildman–Crippen LogP) is 2.27. The number of hydrogen-bond donors (Lipinski definition) is 0. The summed E-state index contributed by atoms with van der Waals surface area (Å²) in [5.41, 5.74) is 0.747. The summed E-state index contributed by atoms with van der Waals surface area (Å²) in [6, 6.07) is 0. The molecule has 0 spiro atoms. The molecule has 5 heteroatoms. The molecular weight excluding hydrogens is 234 g/mol. The van der Waals surface area contributed by atoms with E-state index in [1.807, 2.05) is 20.9 Å². The topological polar surface area (TPSA) is 37.6 Å². The van der Waals surface area contributed by atoms with Gasteiger partial charge in [0.1, 0.15) is 5.69 Å². The lowest BCUT2D eigenvalue weighted by molar-refractivity contribution is 0.0676. The van der Waals surface area contributed by atoms with Gasteiger partial charge < -0.3 is 4.90 Å². The molecule has 0 radical (unpaired) electrons. The van der Waals surface area contributed by atoms with Crippen LogP contribution in [0.25, 0.3) is 4.96 Å². The molecule has 1 unspecified atom stereocenters. The van der Waals surface area contributed by atoms with Crippen LogP contribution in [-0.2, 0) is 0 Å². The molecule has 1 saturated heterocycles. The van der Waals surface area contributed by atoms with Gasteiger partial charge in [0.2, 0.25) is 0 Å². The third-order valence-corrected chi connectivity index (χ3v) is 4.16. The summed E-state index contributed by atoms with van der Waals surface area (Å²) in [5, 5.41) is 1.91. The highest BCUT2D eigenvalue weighted by atomic mass is 32.1. The van der Waals surface area contributed by atoms with Gasteiger partial charge >= 0.3 is 0 Å². The summed E-state index contributed by atoms with van der Waals surface area (Å²) >= 11 is 1.52. The molecule has 0 saturated carbocycles. The van der Waals surface area contributed by atoms with Gasteiger partial charge in [0.15, 0.2) is 4.96 Å². The van der Waals surface area contributed by atoms with Crippen molar-refractivity contribution in [2.75, 3.05) is 13.1 Å². The number of hydrogen-bond acceptors (Lipinski definition) is 3. The van der Waals surface area contributed by atoms with Crippen LogP contribution in [0.15, 0.2) is 17.8 Å². The van der Waals surface area contributed by atoms with Crippen molar-refractivity contribution in [2.45, 2.75) is 19.8 Å². The molecule has 0 bridgehead atoms. The minimum Gasteiger partial charge on any atom is -0.337 e. The molecule has 1 atom stereocenters. The average Bonchev–Trinajstić information content (AvgIpc) is 2.89. The summed E-state index contributed by atoms with van der Waals surface area (Å²) in [5.74, 6) is 0.755. The number of carbonyl (C=O) groups is 1. The Bertz CT molecular complexity index is 545. The maximum Gasteiger partial charge on any atom is 0.271 e. The number of amides is 1. The molecule has 2 aromatic rings. The molecular formula is C12H15N3OS. The molecule has 0 aliphatic carbocycles. The Labute approximate surface area is 104 Å². The zero-order chi connectivity index (χ0) is 11.8. The Morgan fingerprint density at radius 1 is 1.59 bits per heavy atom. The number of thiazole rings is 1. The predicted molar refractivity (Wildman–Crippen MR) is 67.4 cm³/mol. The lowest BCUT2D eigenvalue weighted by Crippen LogP contribution is -2.39. The highest BCUT2D eigenvalue weighted by Gasteiger charge is 2.24. The van der Waals surface area contributed by atoms with Gasteiger partial charge in [0.05, 0.1) is 0 Å². The van der Waals surface area contributed by atoms with Crippen molar-refractivity contribution in [3.05, 3.63) is 23.5 Å². The fraction of sp³-hybridized carbons (Fsp3) is 0.500. The van der Waals surface area contributed by atoms with E-state index in [0.717, 1.165) is 30.2 Å². The number of fused-ring (bicyclic) bond motifs is 1. The molecule has 1 aliphatic heterocycles. The first-order valence-corrected chi connectivity index (χ1v) is 6.83. The van der Waals surface area contributed by atoms with E-state index in [1.165, 1.54) is 17.8 Å². The van der Waals surface area contributed by atoms with E-state index >= 15 is 0 Å². The summed E-state index contributed by atoms with van der Waals surface area (Å²) in [7, 11) is 0. The zero-order valence-electron chi connectivity index (χ0n) is 9.80. The maximum atomic E-state index is 12.4. The smallest absolute Gasteiger partial charge is 0.271 e. The van der Waals surface area contributed by atoms with Crippen LogP contribution in [0.1, 0.15) is 30.3 Å². The van der Waals surface area contributed by atoms with Gasteiger partial charge in [-0.05, 0) is 18.8 Å². The second-order valence-electron chi connectivity index (χ2n) is 4.70. The van der Waals surface area contributed by atoms with Gasteiger partial charge in [-0.25, -0.2) is 4.98 Å². The number of nitrogens with zero attached hydrogens (tertiary/aromatic N) is 3. The van der Waals surface area contributed by atoms with Gasteiger partial charge in [0.25, 0.3) is 5.91 Å². The van der Waals surface area contributed by atoms with Crippen LogP contribution in [0.2, 0.25) is 0 Å². The third-order valence-electron chi connectivity index (χ3n) is 3.31. The van der Waals surface area contributed by atoms with Gasteiger partial charge in [-0.1, -0.05) is 6.92 Å². The zero-order valence-corrected chi connectivity index (χ0v) is 10.6. The van der Waals surface area contributed by atoms with E-state index in [0.29, 0.717) is 5.92 Å². The molecule has 1 amide bonds. The molecule has 3 heterocycles. The lowest BCUT2D eigenvalue weighted by atomic mass is 10.0. The fourth-order valence-electron chi connectivity index (χ4n) is 2.41. The molecule has 3 rings (SSSR count). The van der Waals surface area contributed by atoms with E-state index in [2.05, 4.69) is 11.9 Å². The minimum absolute atomic E-state index is 0.140. The summed E-state index contributed by atoms with van der Waals surface area (Å²) in [4.78, 5) is 19.5. The van der Waals surface area contributed by atoms with Crippen molar-refractivity contribution >= 4 is 22.2 Å². The Balaban J connectivity index is 1.89. The fourth-order valence-corrected chi connectivity index (χ4v) is 3.24. The van der Waals surface area contributed by atoms with E-state index in [9.17, 15) is 4.79 Å².